The summed E-state index contributed by atoms with van der Waals surface area (Å²) in [5, 5.41) is 2.76. The van der Waals surface area contributed by atoms with Gasteiger partial charge in [0.2, 0.25) is 5.91 Å². The van der Waals surface area contributed by atoms with Crippen LogP contribution in [-0.4, -0.2) is 40.6 Å². The Bertz CT molecular complexity index is 865. The van der Waals surface area contributed by atoms with Crippen molar-refractivity contribution in [3.05, 3.63) is 60.2 Å². The Morgan fingerprint density at radius 2 is 1.64 bits per heavy atom. The van der Waals surface area contributed by atoms with E-state index in [9.17, 15) is 13.2 Å². The zero-order valence-electron chi connectivity index (χ0n) is 16.8. The van der Waals surface area contributed by atoms with Crippen molar-refractivity contribution in [2.75, 3.05) is 24.6 Å². The Hall–Kier alpha value is -2.38. The summed E-state index contributed by atoms with van der Waals surface area (Å²) < 4.78 is 32.6. The summed E-state index contributed by atoms with van der Waals surface area (Å²) in [5.41, 5.74) is 1.54. The van der Waals surface area contributed by atoms with Crippen LogP contribution >= 0.6 is 0 Å². The molecular formula is C21H28N2O4S. The van der Waals surface area contributed by atoms with Crippen molar-refractivity contribution in [2.24, 2.45) is 0 Å². The molecule has 0 fully saturated rings. The Labute approximate surface area is 167 Å². The number of amides is 1. The van der Waals surface area contributed by atoms with Crippen LogP contribution in [0.5, 0.6) is 0 Å². The number of hydrogen-bond acceptors (Lipinski definition) is 4. The second-order valence-corrected chi connectivity index (χ2v) is 8.86. The summed E-state index contributed by atoms with van der Waals surface area (Å²) in [6.45, 7) is 5.97. The van der Waals surface area contributed by atoms with E-state index in [0.717, 1.165) is 9.87 Å². The molecule has 0 saturated carbocycles. The van der Waals surface area contributed by atoms with Gasteiger partial charge in [0.1, 0.15) is 6.54 Å². The average molecular weight is 405 g/mol. The van der Waals surface area contributed by atoms with Crippen LogP contribution in [0, 0.1) is 0 Å². The Balaban J connectivity index is 2.36. The molecule has 0 bridgehead atoms. The van der Waals surface area contributed by atoms with Crippen LogP contribution in [-0.2, 0) is 19.6 Å². The number of carbonyl (C=O) groups is 1. The molecule has 0 unspecified atom stereocenters. The monoisotopic (exact) mass is 404 g/mol. The van der Waals surface area contributed by atoms with Gasteiger partial charge in [0.15, 0.2) is 0 Å². The van der Waals surface area contributed by atoms with E-state index in [-0.39, 0.29) is 17.5 Å². The summed E-state index contributed by atoms with van der Waals surface area (Å²) in [4.78, 5) is 12.6. The van der Waals surface area contributed by atoms with Gasteiger partial charge in [-0.25, -0.2) is 8.42 Å². The highest BCUT2D eigenvalue weighted by Gasteiger charge is 2.27. The molecule has 1 N–H and O–H groups in total. The molecule has 2 aromatic carbocycles. The molecule has 7 heteroatoms. The van der Waals surface area contributed by atoms with Crippen LogP contribution in [0.25, 0.3) is 0 Å². The van der Waals surface area contributed by atoms with Gasteiger partial charge in [-0.2, -0.15) is 0 Å². The predicted molar refractivity (Wildman–Crippen MR) is 111 cm³/mol. The van der Waals surface area contributed by atoms with E-state index in [4.69, 9.17) is 4.74 Å². The van der Waals surface area contributed by atoms with E-state index in [1.54, 1.807) is 44.4 Å². The molecule has 0 spiro atoms. The molecule has 1 amide bonds. The summed E-state index contributed by atoms with van der Waals surface area (Å²) in [6, 6.07) is 15.1. The van der Waals surface area contributed by atoms with Gasteiger partial charge in [0.05, 0.1) is 17.2 Å². The smallest absolute Gasteiger partial charge is 0.264 e. The lowest BCUT2D eigenvalue weighted by Gasteiger charge is -2.25. The molecule has 0 aliphatic rings. The van der Waals surface area contributed by atoms with Gasteiger partial charge in [-0.15, -0.1) is 0 Å². The van der Waals surface area contributed by atoms with Crippen LogP contribution in [0.3, 0.4) is 0 Å². The number of ether oxygens (including phenoxy) is 1. The number of methoxy groups -OCH3 is 1. The van der Waals surface area contributed by atoms with Gasteiger partial charge >= 0.3 is 0 Å². The molecule has 1 atom stereocenters. The minimum Gasteiger partial charge on any atom is -0.383 e. The molecule has 6 nitrogen and oxygen atoms in total. The zero-order chi connectivity index (χ0) is 20.7. The van der Waals surface area contributed by atoms with Gasteiger partial charge in [-0.1, -0.05) is 44.2 Å². The number of carbonyl (C=O) groups excluding carboxylic acids is 1. The molecule has 0 aromatic heterocycles. The lowest BCUT2D eigenvalue weighted by atomic mass is 10.0. The Kier molecular flexibility index (Phi) is 7.60. The fourth-order valence-electron chi connectivity index (χ4n) is 2.80. The van der Waals surface area contributed by atoms with Crippen molar-refractivity contribution in [1.82, 2.24) is 5.32 Å². The van der Waals surface area contributed by atoms with E-state index >= 15 is 0 Å². The van der Waals surface area contributed by atoms with E-state index in [1.807, 2.05) is 12.1 Å². The highest BCUT2D eigenvalue weighted by Crippen LogP contribution is 2.25. The van der Waals surface area contributed by atoms with Crippen LogP contribution in [0.4, 0.5) is 5.69 Å². The summed E-state index contributed by atoms with van der Waals surface area (Å²) in [7, 11) is -2.34. The normalized spacial score (nSPS) is 12.6. The van der Waals surface area contributed by atoms with Crippen LogP contribution in [0.1, 0.15) is 32.3 Å². The fourth-order valence-corrected chi connectivity index (χ4v) is 4.24. The first-order valence-electron chi connectivity index (χ1n) is 9.21. The summed E-state index contributed by atoms with van der Waals surface area (Å²) >= 11 is 0. The van der Waals surface area contributed by atoms with E-state index in [1.165, 1.54) is 12.1 Å². The van der Waals surface area contributed by atoms with Gasteiger partial charge in [0.25, 0.3) is 10.0 Å². The molecule has 152 valence electrons. The Morgan fingerprint density at radius 1 is 1.04 bits per heavy atom. The Morgan fingerprint density at radius 3 is 2.18 bits per heavy atom. The van der Waals surface area contributed by atoms with Crippen LogP contribution < -0.4 is 9.62 Å². The molecule has 0 saturated heterocycles. The van der Waals surface area contributed by atoms with Gasteiger partial charge < -0.3 is 10.1 Å². The minimum atomic E-state index is -3.89. The third-order valence-corrected chi connectivity index (χ3v) is 6.08. The van der Waals surface area contributed by atoms with E-state index in [2.05, 4.69) is 19.2 Å². The number of nitrogens with one attached hydrogen (secondary N) is 1. The van der Waals surface area contributed by atoms with Crippen molar-refractivity contribution in [3.8, 4) is 0 Å². The predicted octanol–water partition coefficient (Wildman–Crippen LogP) is 3.16. The van der Waals surface area contributed by atoms with Crippen molar-refractivity contribution >= 4 is 21.6 Å². The molecule has 0 radical (unpaired) electrons. The lowest BCUT2D eigenvalue weighted by Crippen LogP contribution is -2.44. The van der Waals surface area contributed by atoms with Gasteiger partial charge in [0, 0.05) is 13.2 Å². The summed E-state index contributed by atoms with van der Waals surface area (Å²) in [6.07, 6.45) is 0. The maximum atomic E-state index is 13.2. The third kappa shape index (κ3) is 5.56. The average Bonchev–Trinajstić information content (AvgIpc) is 2.67. The van der Waals surface area contributed by atoms with Gasteiger partial charge in [-0.3, -0.25) is 9.10 Å². The molecule has 0 heterocycles. The fraction of sp³-hybridized carbons (Fsp3) is 0.381. The van der Waals surface area contributed by atoms with Crippen LogP contribution in [0.15, 0.2) is 59.5 Å². The van der Waals surface area contributed by atoms with Crippen LogP contribution in [0.2, 0.25) is 0 Å². The number of nitrogens with zero attached hydrogens (tertiary/aromatic N) is 1. The van der Waals surface area contributed by atoms with Crippen molar-refractivity contribution in [2.45, 2.75) is 37.6 Å². The molecule has 2 rings (SSSR count). The first kappa shape index (κ1) is 21.9. The lowest BCUT2D eigenvalue weighted by molar-refractivity contribution is -0.120. The molecule has 0 aliphatic heterocycles. The second kappa shape index (κ2) is 9.71. The van der Waals surface area contributed by atoms with Gasteiger partial charge in [-0.05, 0) is 42.7 Å². The van der Waals surface area contributed by atoms with Crippen molar-refractivity contribution < 1.29 is 17.9 Å². The number of sulfonamides is 1. The van der Waals surface area contributed by atoms with E-state index in [0.29, 0.717) is 18.2 Å². The topological polar surface area (TPSA) is 75.7 Å². The first-order valence-corrected chi connectivity index (χ1v) is 10.7. The highest BCUT2D eigenvalue weighted by atomic mass is 32.2. The molecular weight excluding hydrogens is 376 g/mol. The standard InChI is InChI=1S/C21H28N2O4S/c1-16(2)18-10-12-19(13-11-18)23(14-21(24)22-17(3)15-27-4)28(25,26)20-8-6-5-7-9-20/h5-13,16-17H,14-15H2,1-4H3,(H,22,24)/t17-/m0/s1. The molecule has 0 aliphatic carbocycles. The van der Waals surface area contributed by atoms with Crippen molar-refractivity contribution in [3.63, 3.8) is 0 Å². The number of anilines is 1. The quantitative estimate of drug-likeness (QED) is 0.697. The molecule has 2 aromatic rings. The van der Waals surface area contributed by atoms with E-state index < -0.39 is 15.9 Å². The number of hydrogen-bond donors (Lipinski definition) is 1. The first-order chi connectivity index (χ1) is 13.3. The highest BCUT2D eigenvalue weighted by molar-refractivity contribution is 7.92. The number of rotatable bonds is 9. The minimum absolute atomic E-state index is 0.140. The summed E-state index contributed by atoms with van der Waals surface area (Å²) in [5.74, 6) is -0.0663. The zero-order valence-corrected chi connectivity index (χ0v) is 17.6. The second-order valence-electron chi connectivity index (χ2n) is 6.99. The molecule has 28 heavy (non-hydrogen) atoms. The maximum absolute atomic E-state index is 13.2. The van der Waals surface area contributed by atoms with Crippen molar-refractivity contribution in [1.29, 1.82) is 0 Å². The number of benzene rings is 2. The third-order valence-electron chi connectivity index (χ3n) is 4.29. The maximum Gasteiger partial charge on any atom is 0.264 e. The SMILES string of the molecule is COC[C@H](C)NC(=O)CN(c1ccc(C(C)C)cc1)S(=O)(=O)c1ccccc1. The largest absolute Gasteiger partial charge is 0.383 e.